The first-order valence-electron chi connectivity index (χ1n) is 6.03. The molecule has 1 rings (SSSR count). The summed E-state index contributed by atoms with van der Waals surface area (Å²) in [4.78, 5) is 0. The largest absolute Gasteiger partial charge is 0.0834 e. The van der Waals surface area contributed by atoms with E-state index in [2.05, 4.69) is 35.4 Å². The second kappa shape index (κ2) is 8.48. The van der Waals surface area contributed by atoms with Gasteiger partial charge >= 0.3 is 0 Å². The van der Waals surface area contributed by atoms with Gasteiger partial charge in [-0.15, -0.1) is 0 Å². The van der Waals surface area contributed by atoms with Crippen LogP contribution in [0.25, 0.3) is 0 Å². The number of hydrogen-bond donors (Lipinski definition) is 0. The lowest BCUT2D eigenvalue weighted by Gasteiger charge is -2.24. The van der Waals surface area contributed by atoms with E-state index < -0.39 is 0 Å². The van der Waals surface area contributed by atoms with Gasteiger partial charge in [-0.1, -0.05) is 74.0 Å². The van der Waals surface area contributed by atoms with Crippen molar-refractivity contribution in [3.8, 4) is 0 Å². The molecule has 15 heavy (non-hydrogen) atoms. The maximum absolute atomic E-state index is 2.29. The highest BCUT2D eigenvalue weighted by atomic mass is 33.7. The van der Waals surface area contributed by atoms with Crippen molar-refractivity contribution in [1.82, 2.24) is 0 Å². The van der Waals surface area contributed by atoms with Gasteiger partial charge in [0.1, 0.15) is 0 Å². The number of hydrogen-bond acceptors (Lipinski definition) is 4. The Labute approximate surface area is 110 Å². The third kappa shape index (κ3) is 5.51. The van der Waals surface area contributed by atoms with Crippen molar-refractivity contribution in [1.29, 1.82) is 0 Å². The second-order valence-corrected chi connectivity index (χ2v) is 10.8. The average Bonchev–Trinajstić information content (AvgIpc) is 2.68. The van der Waals surface area contributed by atoms with Gasteiger partial charge in [0, 0.05) is 0 Å². The highest BCUT2D eigenvalue weighted by molar-refractivity contribution is 9.31. The fourth-order valence-corrected chi connectivity index (χ4v) is 11.7. The van der Waals surface area contributed by atoms with Crippen LogP contribution in [0.5, 0.6) is 0 Å². The fraction of sp³-hybridized carbons (Fsp3) is 1.00. The summed E-state index contributed by atoms with van der Waals surface area (Å²) in [5, 5.41) is 0. The molecule has 0 unspecified atom stereocenters. The summed E-state index contributed by atoms with van der Waals surface area (Å²) in [7, 11) is 8.25. The van der Waals surface area contributed by atoms with Crippen LogP contribution >= 0.6 is 41.2 Å². The maximum Gasteiger partial charge on any atom is 0.0834 e. The van der Waals surface area contributed by atoms with Gasteiger partial charge in [-0.2, -0.15) is 0 Å². The predicted molar refractivity (Wildman–Crippen MR) is 81.4 cm³/mol. The van der Waals surface area contributed by atoms with Crippen LogP contribution in [0.4, 0.5) is 0 Å². The van der Waals surface area contributed by atoms with Crippen molar-refractivity contribution in [3.05, 3.63) is 0 Å². The van der Waals surface area contributed by atoms with E-state index in [9.17, 15) is 0 Å². The molecule has 1 aliphatic rings. The first-order valence-corrected chi connectivity index (χ1v) is 10.8. The van der Waals surface area contributed by atoms with Crippen molar-refractivity contribution in [2.24, 2.45) is 0 Å². The summed E-state index contributed by atoms with van der Waals surface area (Å²) in [6.07, 6.45) is 11.2. The average molecular weight is 283 g/mol. The third-order valence-corrected chi connectivity index (χ3v) is 11.2. The van der Waals surface area contributed by atoms with Gasteiger partial charge in [-0.05, 0) is 32.5 Å². The van der Waals surface area contributed by atoms with E-state index in [1.165, 1.54) is 51.4 Å². The SMILES string of the molecule is CCCCCC1(CCCCC)SSSS1. The zero-order valence-corrected chi connectivity index (χ0v) is 13.1. The van der Waals surface area contributed by atoms with E-state index in [0.29, 0.717) is 4.08 Å². The van der Waals surface area contributed by atoms with Gasteiger partial charge in [-0.3, -0.25) is 0 Å². The molecule has 0 aromatic heterocycles. The molecule has 90 valence electrons. The Kier molecular flexibility index (Phi) is 8.18. The molecule has 0 bridgehead atoms. The topological polar surface area (TPSA) is 0 Å². The summed E-state index contributed by atoms with van der Waals surface area (Å²) in [5.74, 6) is 0. The molecule has 1 aliphatic heterocycles. The summed E-state index contributed by atoms with van der Waals surface area (Å²) in [5.41, 5.74) is 0. The minimum Gasteiger partial charge on any atom is -0.0654 e. The summed E-state index contributed by atoms with van der Waals surface area (Å²) in [6, 6.07) is 0. The molecule has 1 saturated heterocycles. The Morgan fingerprint density at radius 3 is 1.60 bits per heavy atom. The molecule has 0 spiro atoms. The quantitative estimate of drug-likeness (QED) is 0.366. The van der Waals surface area contributed by atoms with E-state index in [-0.39, 0.29) is 0 Å². The lowest BCUT2D eigenvalue weighted by molar-refractivity contribution is 0.562. The van der Waals surface area contributed by atoms with Crippen LogP contribution in [0, 0.1) is 0 Å². The van der Waals surface area contributed by atoms with Gasteiger partial charge < -0.3 is 0 Å². The van der Waals surface area contributed by atoms with Gasteiger partial charge in [0.2, 0.25) is 0 Å². The Hall–Kier alpha value is 1.40. The van der Waals surface area contributed by atoms with Crippen molar-refractivity contribution < 1.29 is 0 Å². The van der Waals surface area contributed by atoms with Crippen LogP contribution < -0.4 is 0 Å². The number of rotatable bonds is 8. The molecule has 0 saturated carbocycles. The van der Waals surface area contributed by atoms with Crippen LogP contribution in [0.15, 0.2) is 0 Å². The lowest BCUT2D eigenvalue weighted by Crippen LogP contribution is -2.15. The molecule has 0 aromatic rings. The normalized spacial score (nSPS) is 19.6. The van der Waals surface area contributed by atoms with Gasteiger partial charge in [-0.25, -0.2) is 0 Å². The van der Waals surface area contributed by atoms with Gasteiger partial charge in [0.05, 0.1) is 4.08 Å². The first kappa shape index (κ1) is 14.5. The summed E-state index contributed by atoms with van der Waals surface area (Å²) in [6.45, 7) is 4.59. The summed E-state index contributed by atoms with van der Waals surface area (Å²) < 4.78 is 0.555. The van der Waals surface area contributed by atoms with E-state index in [1.54, 1.807) is 0 Å². The van der Waals surface area contributed by atoms with E-state index in [0.717, 1.165) is 0 Å². The molecule has 1 fully saturated rings. The minimum absolute atomic E-state index is 0.555. The standard InChI is InChI=1S/C11H22S4/c1-3-5-7-9-11(10-8-6-4-2)12-14-15-13-11/h3-10H2,1-2H3. The zero-order valence-electron chi connectivity index (χ0n) is 9.79. The predicted octanol–water partition coefficient (Wildman–Crippen LogP) is 6.53. The molecule has 0 nitrogen and oxygen atoms in total. The van der Waals surface area contributed by atoms with Gasteiger partial charge in [0.15, 0.2) is 0 Å². The fourth-order valence-electron chi connectivity index (χ4n) is 1.75. The van der Waals surface area contributed by atoms with Crippen LogP contribution in [0.1, 0.15) is 65.2 Å². The molecule has 1 heterocycles. The van der Waals surface area contributed by atoms with Crippen molar-refractivity contribution in [2.45, 2.75) is 69.3 Å². The number of unbranched alkanes of at least 4 members (excludes halogenated alkanes) is 4. The first-order chi connectivity index (χ1) is 7.33. The lowest BCUT2D eigenvalue weighted by atomic mass is 10.1. The van der Waals surface area contributed by atoms with Crippen LogP contribution in [0.3, 0.4) is 0 Å². The second-order valence-electron chi connectivity index (χ2n) is 4.13. The van der Waals surface area contributed by atoms with E-state index in [1.807, 2.05) is 19.7 Å². The monoisotopic (exact) mass is 282 g/mol. The molecule has 0 amide bonds. The molecule has 0 N–H and O–H groups in total. The summed E-state index contributed by atoms with van der Waals surface area (Å²) >= 11 is 0. The van der Waals surface area contributed by atoms with Crippen LogP contribution in [0.2, 0.25) is 0 Å². The van der Waals surface area contributed by atoms with E-state index >= 15 is 0 Å². The van der Waals surface area contributed by atoms with Crippen molar-refractivity contribution >= 4 is 41.2 Å². The van der Waals surface area contributed by atoms with Crippen LogP contribution in [-0.2, 0) is 0 Å². The van der Waals surface area contributed by atoms with Crippen LogP contribution in [-0.4, -0.2) is 4.08 Å². The molecule has 0 aromatic carbocycles. The molecule has 0 radical (unpaired) electrons. The smallest absolute Gasteiger partial charge is 0.0654 e. The van der Waals surface area contributed by atoms with E-state index in [4.69, 9.17) is 0 Å². The highest BCUT2D eigenvalue weighted by Gasteiger charge is 2.36. The molecule has 0 aliphatic carbocycles. The zero-order chi connectivity index (χ0) is 11.0. The van der Waals surface area contributed by atoms with Crippen molar-refractivity contribution in [2.75, 3.05) is 0 Å². The Morgan fingerprint density at radius 1 is 0.733 bits per heavy atom. The molecular weight excluding hydrogens is 260 g/mol. The molecular formula is C11H22S4. The van der Waals surface area contributed by atoms with Crippen molar-refractivity contribution in [3.63, 3.8) is 0 Å². The highest BCUT2D eigenvalue weighted by Crippen LogP contribution is 2.68. The minimum atomic E-state index is 0.555. The Balaban J connectivity index is 2.26. The Morgan fingerprint density at radius 2 is 1.20 bits per heavy atom. The van der Waals surface area contributed by atoms with Gasteiger partial charge in [0.25, 0.3) is 0 Å². The maximum atomic E-state index is 2.29. The molecule has 4 heteroatoms. The third-order valence-electron chi connectivity index (χ3n) is 2.72. The Bertz CT molecular complexity index is 143. The molecule has 0 atom stereocenters.